The minimum atomic E-state index is 0.520. The fraction of sp³-hybridized carbons (Fsp3) is 0.538. The Morgan fingerprint density at radius 1 is 1.42 bits per heavy atom. The van der Waals surface area contributed by atoms with Crippen LogP contribution in [0.1, 0.15) is 19.8 Å². The van der Waals surface area contributed by atoms with E-state index in [0.29, 0.717) is 6.04 Å². The molecule has 19 heavy (non-hydrogen) atoms. The Morgan fingerprint density at radius 3 is 3.05 bits per heavy atom. The summed E-state index contributed by atoms with van der Waals surface area (Å²) in [5, 5.41) is 6.82. The van der Waals surface area contributed by atoms with Crippen LogP contribution in [0.4, 0.5) is 11.6 Å². The maximum atomic E-state index is 4.64. The van der Waals surface area contributed by atoms with Gasteiger partial charge in [-0.15, -0.1) is 0 Å². The van der Waals surface area contributed by atoms with E-state index in [2.05, 4.69) is 27.5 Å². The van der Waals surface area contributed by atoms with Crippen LogP contribution in [-0.2, 0) is 0 Å². The summed E-state index contributed by atoms with van der Waals surface area (Å²) in [6.07, 6.45) is 8.15. The zero-order valence-electron chi connectivity index (χ0n) is 11.1. The third-order valence-corrected chi connectivity index (χ3v) is 4.34. The van der Waals surface area contributed by atoms with Gasteiger partial charge in [-0.05, 0) is 31.3 Å². The number of nitrogens with zero attached hydrogens (tertiary/aromatic N) is 3. The predicted molar refractivity (Wildman–Crippen MR) is 81.1 cm³/mol. The molecule has 1 fully saturated rings. The minimum absolute atomic E-state index is 0.520. The summed E-state index contributed by atoms with van der Waals surface area (Å²) in [6.45, 7) is 2.94. The van der Waals surface area contributed by atoms with Crippen LogP contribution in [0.25, 0.3) is 5.65 Å². The van der Waals surface area contributed by atoms with E-state index in [1.165, 1.54) is 24.3 Å². The molecule has 0 aromatic carbocycles. The van der Waals surface area contributed by atoms with Gasteiger partial charge in [-0.25, -0.2) is 9.97 Å². The van der Waals surface area contributed by atoms with E-state index in [0.717, 1.165) is 23.8 Å². The highest BCUT2D eigenvalue weighted by Crippen LogP contribution is 2.23. The number of rotatable bonds is 4. The van der Waals surface area contributed by atoms with Gasteiger partial charge in [0.25, 0.3) is 0 Å². The highest BCUT2D eigenvalue weighted by molar-refractivity contribution is 7.99. The Kier molecular flexibility index (Phi) is 3.77. The lowest BCUT2D eigenvalue weighted by molar-refractivity contribution is 0.664. The Bertz CT molecular complexity index is 547. The van der Waals surface area contributed by atoms with Crippen LogP contribution < -0.4 is 10.6 Å². The fourth-order valence-electron chi connectivity index (χ4n) is 2.33. The molecule has 0 bridgehead atoms. The standard InChI is InChI=1S/C13H19N5S/c1-2-14-11-9-18-6-5-15-13(18)12(17-11)16-10-3-7-19-8-4-10/h5-6,9-10,14H,2-4,7-8H2,1H3,(H,16,17). The van der Waals surface area contributed by atoms with Crippen molar-refractivity contribution in [3.8, 4) is 0 Å². The summed E-state index contributed by atoms with van der Waals surface area (Å²) in [5.41, 5.74) is 0.903. The number of hydrogen-bond donors (Lipinski definition) is 2. The third-order valence-electron chi connectivity index (χ3n) is 3.29. The average Bonchev–Trinajstić information content (AvgIpc) is 2.89. The summed E-state index contributed by atoms with van der Waals surface area (Å²) in [4.78, 5) is 9.03. The van der Waals surface area contributed by atoms with Gasteiger partial charge in [-0.2, -0.15) is 11.8 Å². The molecule has 2 aromatic heterocycles. The molecule has 0 saturated carbocycles. The minimum Gasteiger partial charge on any atom is -0.369 e. The van der Waals surface area contributed by atoms with Gasteiger partial charge in [0.15, 0.2) is 11.5 Å². The summed E-state index contributed by atoms with van der Waals surface area (Å²) >= 11 is 2.03. The number of nitrogens with one attached hydrogen (secondary N) is 2. The van der Waals surface area contributed by atoms with Crippen molar-refractivity contribution >= 4 is 29.0 Å². The van der Waals surface area contributed by atoms with Crippen LogP contribution in [-0.4, -0.2) is 38.5 Å². The summed E-state index contributed by atoms with van der Waals surface area (Å²) < 4.78 is 2.02. The van der Waals surface area contributed by atoms with Gasteiger partial charge in [0.2, 0.25) is 0 Å². The number of fused-ring (bicyclic) bond motifs is 1. The van der Waals surface area contributed by atoms with Gasteiger partial charge in [-0.3, -0.25) is 0 Å². The van der Waals surface area contributed by atoms with Gasteiger partial charge in [0.05, 0.1) is 6.20 Å². The Morgan fingerprint density at radius 2 is 2.26 bits per heavy atom. The molecule has 0 radical (unpaired) electrons. The fourth-order valence-corrected chi connectivity index (χ4v) is 3.44. The van der Waals surface area contributed by atoms with E-state index >= 15 is 0 Å². The van der Waals surface area contributed by atoms with Crippen molar-refractivity contribution in [3.63, 3.8) is 0 Å². The lowest BCUT2D eigenvalue weighted by Crippen LogP contribution is -2.25. The quantitative estimate of drug-likeness (QED) is 0.899. The van der Waals surface area contributed by atoms with Crippen molar-refractivity contribution in [1.82, 2.24) is 14.4 Å². The lowest BCUT2D eigenvalue weighted by Gasteiger charge is -2.23. The van der Waals surface area contributed by atoms with Crippen molar-refractivity contribution in [2.45, 2.75) is 25.8 Å². The maximum Gasteiger partial charge on any atom is 0.180 e. The van der Waals surface area contributed by atoms with Crippen LogP contribution in [0.2, 0.25) is 0 Å². The number of thioether (sulfide) groups is 1. The maximum absolute atomic E-state index is 4.64. The molecule has 0 atom stereocenters. The highest BCUT2D eigenvalue weighted by atomic mass is 32.2. The monoisotopic (exact) mass is 277 g/mol. The van der Waals surface area contributed by atoms with E-state index in [1.54, 1.807) is 0 Å². The van der Waals surface area contributed by atoms with Gasteiger partial charge in [-0.1, -0.05) is 0 Å². The van der Waals surface area contributed by atoms with Crippen LogP contribution in [0.5, 0.6) is 0 Å². The molecule has 0 amide bonds. The second-order valence-electron chi connectivity index (χ2n) is 4.69. The van der Waals surface area contributed by atoms with Crippen molar-refractivity contribution in [2.75, 3.05) is 28.7 Å². The molecular formula is C13H19N5S. The van der Waals surface area contributed by atoms with E-state index in [-0.39, 0.29) is 0 Å². The molecule has 3 heterocycles. The topological polar surface area (TPSA) is 54.2 Å². The van der Waals surface area contributed by atoms with E-state index < -0.39 is 0 Å². The van der Waals surface area contributed by atoms with Gasteiger partial charge >= 0.3 is 0 Å². The number of hydrogen-bond acceptors (Lipinski definition) is 5. The predicted octanol–water partition coefficient (Wildman–Crippen LogP) is 2.47. The summed E-state index contributed by atoms with van der Waals surface area (Å²) in [7, 11) is 0. The normalized spacial score (nSPS) is 16.7. The van der Waals surface area contributed by atoms with Crippen LogP contribution in [0.3, 0.4) is 0 Å². The number of aromatic nitrogens is 3. The van der Waals surface area contributed by atoms with Gasteiger partial charge in [0, 0.05) is 25.0 Å². The van der Waals surface area contributed by atoms with Gasteiger partial charge < -0.3 is 15.0 Å². The average molecular weight is 277 g/mol. The molecule has 1 saturated heterocycles. The van der Waals surface area contributed by atoms with Gasteiger partial charge in [0.1, 0.15) is 5.82 Å². The molecule has 5 nitrogen and oxygen atoms in total. The second kappa shape index (κ2) is 5.69. The molecule has 6 heteroatoms. The largest absolute Gasteiger partial charge is 0.369 e. The van der Waals surface area contributed by atoms with Crippen molar-refractivity contribution in [3.05, 3.63) is 18.6 Å². The van der Waals surface area contributed by atoms with E-state index in [9.17, 15) is 0 Å². The first-order chi connectivity index (χ1) is 9.36. The van der Waals surface area contributed by atoms with E-state index in [1.807, 2.05) is 34.8 Å². The Labute approximate surface area is 117 Å². The number of imidazole rings is 1. The first-order valence-corrected chi connectivity index (χ1v) is 7.94. The molecule has 1 aliphatic rings. The summed E-state index contributed by atoms with van der Waals surface area (Å²) in [5.74, 6) is 4.24. The number of anilines is 2. The smallest absolute Gasteiger partial charge is 0.180 e. The zero-order valence-corrected chi connectivity index (χ0v) is 11.9. The lowest BCUT2D eigenvalue weighted by atomic mass is 10.1. The van der Waals surface area contributed by atoms with Crippen LogP contribution in [0, 0.1) is 0 Å². The first kappa shape index (κ1) is 12.6. The van der Waals surface area contributed by atoms with Crippen LogP contribution in [0.15, 0.2) is 18.6 Å². The molecule has 1 aliphatic heterocycles. The molecular weight excluding hydrogens is 258 g/mol. The SMILES string of the molecule is CCNc1cn2ccnc2c(NC2CCSCC2)n1. The molecule has 0 spiro atoms. The Balaban J connectivity index is 1.88. The molecule has 0 aliphatic carbocycles. The third kappa shape index (κ3) is 2.78. The molecule has 102 valence electrons. The van der Waals surface area contributed by atoms with E-state index in [4.69, 9.17) is 0 Å². The second-order valence-corrected chi connectivity index (χ2v) is 5.92. The Hall–Kier alpha value is -1.43. The first-order valence-electron chi connectivity index (χ1n) is 6.78. The van der Waals surface area contributed by atoms with Crippen molar-refractivity contribution < 1.29 is 0 Å². The van der Waals surface area contributed by atoms with Crippen molar-refractivity contribution in [1.29, 1.82) is 0 Å². The van der Waals surface area contributed by atoms with Crippen LogP contribution >= 0.6 is 11.8 Å². The zero-order chi connectivity index (χ0) is 13.1. The van der Waals surface area contributed by atoms with Crippen molar-refractivity contribution in [2.24, 2.45) is 0 Å². The molecule has 0 unspecified atom stereocenters. The highest BCUT2D eigenvalue weighted by Gasteiger charge is 2.16. The molecule has 2 N–H and O–H groups in total. The summed E-state index contributed by atoms with van der Waals surface area (Å²) in [6, 6.07) is 0.520. The molecule has 2 aromatic rings. The molecule has 3 rings (SSSR count).